The SMILES string of the molecule is CC(C)CNCc1cncc(OCC(F)(F)C(F)F)n1. The van der Waals surface area contributed by atoms with Gasteiger partial charge in [0.05, 0.1) is 11.9 Å². The van der Waals surface area contributed by atoms with E-state index in [1.54, 1.807) is 0 Å². The van der Waals surface area contributed by atoms with Gasteiger partial charge >= 0.3 is 12.3 Å². The molecule has 1 N–H and O–H groups in total. The molecule has 4 nitrogen and oxygen atoms in total. The molecule has 1 heterocycles. The van der Waals surface area contributed by atoms with E-state index in [2.05, 4.69) is 20.0 Å². The third kappa shape index (κ3) is 5.68. The highest BCUT2D eigenvalue weighted by molar-refractivity contribution is 5.08. The molecular weight excluding hydrogens is 278 g/mol. The van der Waals surface area contributed by atoms with Gasteiger partial charge in [-0.2, -0.15) is 8.78 Å². The lowest BCUT2D eigenvalue weighted by molar-refractivity contribution is -0.148. The van der Waals surface area contributed by atoms with Gasteiger partial charge in [-0.15, -0.1) is 0 Å². The van der Waals surface area contributed by atoms with Gasteiger partial charge in [-0.25, -0.2) is 13.8 Å². The van der Waals surface area contributed by atoms with Crippen molar-refractivity contribution in [3.63, 3.8) is 0 Å². The molecule has 0 aliphatic carbocycles. The van der Waals surface area contributed by atoms with Crippen LogP contribution in [-0.2, 0) is 6.54 Å². The molecule has 1 aromatic heterocycles. The van der Waals surface area contributed by atoms with E-state index in [1.807, 2.05) is 13.8 Å². The maximum absolute atomic E-state index is 12.7. The van der Waals surface area contributed by atoms with Crippen LogP contribution in [0.5, 0.6) is 5.88 Å². The van der Waals surface area contributed by atoms with Crippen molar-refractivity contribution >= 4 is 0 Å². The smallest absolute Gasteiger partial charge is 0.340 e. The third-order valence-corrected chi connectivity index (χ3v) is 2.25. The van der Waals surface area contributed by atoms with Crippen molar-refractivity contribution in [1.29, 1.82) is 0 Å². The first-order chi connectivity index (χ1) is 9.31. The van der Waals surface area contributed by atoms with Crippen LogP contribution < -0.4 is 10.1 Å². The fourth-order valence-electron chi connectivity index (χ4n) is 1.26. The predicted molar refractivity (Wildman–Crippen MR) is 65.0 cm³/mol. The minimum absolute atomic E-state index is 0.200. The number of nitrogens with one attached hydrogen (secondary N) is 1. The molecule has 0 spiro atoms. The number of nitrogens with zero attached hydrogens (tertiary/aromatic N) is 2. The van der Waals surface area contributed by atoms with Crippen molar-refractivity contribution in [3.8, 4) is 5.88 Å². The molecule has 0 bridgehead atoms. The molecule has 0 unspecified atom stereocenters. The van der Waals surface area contributed by atoms with E-state index in [4.69, 9.17) is 0 Å². The zero-order valence-corrected chi connectivity index (χ0v) is 11.2. The summed E-state index contributed by atoms with van der Waals surface area (Å²) in [5.41, 5.74) is 0.489. The number of hydrogen-bond donors (Lipinski definition) is 1. The Kier molecular flexibility index (Phi) is 6.12. The average molecular weight is 295 g/mol. The fraction of sp³-hybridized carbons (Fsp3) is 0.667. The lowest BCUT2D eigenvalue weighted by atomic mass is 10.2. The zero-order chi connectivity index (χ0) is 15.2. The van der Waals surface area contributed by atoms with Gasteiger partial charge in [0.15, 0.2) is 6.61 Å². The Bertz CT molecular complexity index is 415. The topological polar surface area (TPSA) is 47.0 Å². The molecule has 0 fully saturated rings. The van der Waals surface area contributed by atoms with Gasteiger partial charge in [-0.3, -0.25) is 4.98 Å². The summed E-state index contributed by atoms with van der Waals surface area (Å²) in [6.45, 7) is 3.79. The number of ether oxygens (including phenoxy) is 1. The van der Waals surface area contributed by atoms with Crippen LogP contribution in [0.1, 0.15) is 19.5 Å². The normalized spacial score (nSPS) is 12.2. The summed E-state index contributed by atoms with van der Waals surface area (Å²) in [5.74, 6) is -3.95. The van der Waals surface area contributed by atoms with Crippen LogP contribution in [0.4, 0.5) is 17.6 Å². The number of rotatable bonds is 8. The number of alkyl halides is 4. The molecule has 0 saturated carbocycles. The molecule has 114 valence electrons. The molecule has 20 heavy (non-hydrogen) atoms. The Morgan fingerprint density at radius 3 is 2.60 bits per heavy atom. The van der Waals surface area contributed by atoms with Gasteiger partial charge in [0.2, 0.25) is 5.88 Å². The number of aromatic nitrogens is 2. The first-order valence-electron chi connectivity index (χ1n) is 6.11. The molecule has 0 aromatic carbocycles. The van der Waals surface area contributed by atoms with E-state index in [0.717, 1.165) is 12.7 Å². The van der Waals surface area contributed by atoms with Crippen LogP contribution >= 0.6 is 0 Å². The monoisotopic (exact) mass is 295 g/mol. The summed E-state index contributed by atoms with van der Waals surface area (Å²) >= 11 is 0. The van der Waals surface area contributed by atoms with Gasteiger partial charge in [0, 0.05) is 12.7 Å². The summed E-state index contributed by atoms with van der Waals surface area (Å²) in [4.78, 5) is 7.67. The third-order valence-electron chi connectivity index (χ3n) is 2.25. The Morgan fingerprint density at radius 2 is 2.00 bits per heavy atom. The van der Waals surface area contributed by atoms with Crippen LogP contribution in [0, 0.1) is 5.92 Å². The molecule has 1 rings (SSSR count). The molecule has 0 amide bonds. The van der Waals surface area contributed by atoms with E-state index in [-0.39, 0.29) is 5.88 Å². The molecule has 0 atom stereocenters. The minimum atomic E-state index is -4.20. The van der Waals surface area contributed by atoms with Crippen LogP contribution in [0.3, 0.4) is 0 Å². The van der Waals surface area contributed by atoms with E-state index in [1.165, 1.54) is 6.20 Å². The average Bonchev–Trinajstić information content (AvgIpc) is 2.36. The molecule has 0 saturated heterocycles. The minimum Gasteiger partial charge on any atom is -0.470 e. The van der Waals surface area contributed by atoms with Crippen molar-refractivity contribution in [3.05, 3.63) is 18.1 Å². The lowest BCUT2D eigenvalue weighted by Gasteiger charge is -2.15. The van der Waals surface area contributed by atoms with Crippen molar-refractivity contribution < 1.29 is 22.3 Å². The first kappa shape index (κ1) is 16.6. The standard InChI is InChI=1S/C12H17F4N3O/c1-8(2)3-17-4-9-5-18-6-10(19-9)20-7-12(15,16)11(13)14/h5-6,8,11,17H,3-4,7H2,1-2H3. The van der Waals surface area contributed by atoms with Gasteiger partial charge in [0.25, 0.3) is 0 Å². The van der Waals surface area contributed by atoms with Gasteiger partial charge in [-0.05, 0) is 12.5 Å². The van der Waals surface area contributed by atoms with E-state index >= 15 is 0 Å². The van der Waals surface area contributed by atoms with E-state index in [9.17, 15) is 17.6 Å². The molecule has 8 heteroatoms. The molecule has 1 aromatic rings. The second-order valence-corrected chi connectivity index (χ2v) is 4.72. The molecular formula is C12H17F4N3O. The van der Waals surface area contributed by atoms with E-state index in [0.29, 0.717) is 18.2 Å². The molecule has 0 aliphatic rings. The highest BCUT2D eigenvalue weighted by Gasteiger charge is 2.41. The van der Waals surface area contributed by atoms with Crippen molar-refractivity contribution in [2.45, 2.75) is 32.7 Å². The Morgan fingerprint density at radius 1 is 1.30 bits per heavy atom. The zero-order valence-electron chi connectivity index (χ0n) is 11.2. The van der Waals surface area contributed by atoms with Crippen LogP contribution in [0.2, 0.25) is 0 Å². The highest BCUT2D eigenvalue weighted by Crippen LogP contribution is 2.23. The van der Waals surface area contributed by atoms with Crippen molar-refractivity contribution in [1.82, 2.24) is 15.3 Å². The Balaban J connectivity index is 2.51. The summed E-state index contributed by atoms with van der Waals surface area (Å²) in [7, 11) is 0. The summed E-state index contributed by atoms with van der Waals surface area (Å²) in [6, 6.07) is 0. The summed E-state index contributed by atoms with van der Waals surface area (Å²) < 4.78 is 53.9. The van der Waals surface area contributed by atoms with Crippen molar-refractivity contribution in [2.24, 2.45) is 5.92 Å². The van der Waals surface area contributed by atoms with Crippen LogP contribution in [0.15, 0.2) is 12.4 Å². The maximum Gasteiger partial charge on any atom is 0.340 e. The Hall–Kier alpha value is -1.44. The van der Waals surface area contributed by atoms with Gasteiger partial charge in [0.1, 0.15) is 0 Å². The predicted octanol–water partition coefficient (Wildman–Crippen LogP) is 2.50. The number of hydrogen-bond acceptors (Lipinski definition) is 4. The fourth-order valence-corrected chi connectivity index (χ4v) is 1.26. The largest absolute Gasteiger partial charge is 0.470 e. The quantitative estimate of drug-likeness (QED) is 0.749. The second kappa shape index (κ2) is 7.37. The maximum atomic E-state index is 12.7. The second-order valence-electron chi connectivity index (χ2n) is 4.72. The Labute approximate surface area is 114 Å². The number of halogens is 4. The highest BCUT2D eigenvalue weighted by atomic mass is 19.3. The van der Waals surface area contributed by atoms with Crippen LogP contribution in [0.25, 0.3) is 0 Å². The summed E-state index contributed by atoms with van der Waals surface area (Å²) in [6.07, 6.45) is -1.22. The first-order valence-corrected chi connectivity index (χ1v) is 6.11. The molecule has 0 radical (unpaired) electrons. The lowest BCUT2D eigenvalue weighted by Crippen LogP contribution is -2.34. The van der Waals surface area contributed by atoms with Crippen molar-refractivity contribution in [2.75, 3.05) is 13.2 Å². The van der Waals surface area contributed by atoms with Crippen LogP contribution in [-0.4, -0.2) is 35.5 Å². The van der Waals surface area contributed by atoms with E-state index < -0.39 is 19.0 Å². The summed E-state index contributed by atoms with van der Waals surface area (Å²) in [5, 5.41) is 3.09. The van der Waals surface area contributed by atoms with Gasteiger partial charge < -0.3 is 10.1 Å². The molecule has 0 aliphatic heterocycles. The van der Waals surface area contributed by atoms with Gasteiger partial charge in [-0.1, -0.05) is 13.8 Å².